The zero-order chi connectivity index (χ0) is 18.8. The molecular formula is C24H12O2S2. The number of hydrogen-bond donors (Lipinski definition) is 0. The van der Waals surface area contributed by atoms with E-state index in [1.807, 2.05) is 72.8 Å². The lowest BCUT2D eigenvalue weighted by molar-refractivity contribution is 0.101. The molecule has 0 unspecified atom stereocenters. The Labute approximate surface area is 169 Å². The van der Waals surface area contributed by atoms with Gasteiger partial charge in [0.1, 0.15) is 0 Å². The summed E-state index contributed by atoms with van der Waals surface area (Å²) < 4.78 is 0. The van der Waals surface area contributed by atoms with Crippen molar-refractivity contribution in [1.29, 1.82) is 0 Å². The summed E-state index contributed by atoms with van der Waals surface area (Å²) in [5.41, 5.74) is 1.42. The van der Waals surface area contributed by atoms with Gasteiger partial charge in [-0.05, 0) is 33.7 Å². The number of rotatable bonds is 0. The van der Waals surface area contributed by atoms with Crippen LogP contribution in [0.15, 0.2) is 92.4 Å². The average molecular weight is 396 g/mol. The number of ketones is 2. The summed E-state index contributed by atoms with van der Waals surface area (Å²) >= 11 is 2.86. The third kappa shape index (κ3) is 2.13. The van der Waals surface area contributed by atoms with Crippen LogP contribution in [0.25, 0.3) is 21.5 Å². The highest BCUT2D eigenvalue weighted by Crippen LogP contribution is 2.52. The summed E-state index contributed by atoms with van der Waals surface area (Å²) in [5.74, 6) is -0.0801. The minimum atomic E-state index is -0.0429. The van der Waals surface area contributed by atoms with E-state index in [-0.39, 0.29) is 11.6 Å². The Balaban J connectivity index is 1.54. The summed E-state index contributed by atoms with van der Waals surface area (Å²) in [6.45, 7) is 0. The topological polar surface area (TPSA) is 34.1 Å². The molecule has 0 amide bonds. The standard InChI is InChI=1S/C24H12O2S2/c25-20-17-11-9-14-6-2-4-8-16(14)22(17)28-23(20)24-21(26)19-15-7-3-1-5-13(15)10-12-18(19)27-24/h1-12H. The number of allylic oxidation sites excluding steroid dienone is 2. The molecule has 132 valence electrons. The van der Waals surface area contributed by atoms with Crippen molar-refractivity contribution in [3.63, 3.8) is 0 Å². The molecule has 0 aliphatic carbocycles. The monoisotopic (exact) mass is 396 g/mol. The quantitative estimate of drug-likeness (QED) is 0.319. The van der Waals surface area contributed by atoms with Gasteiger partial charge in [0.2, 0.25) is 11.6 Å². The van der Waals surface area contributed by atoms with E-state index in [2.05, 4.69) is 0 Å². The van der Waals surface area contributed by atoms with Gasteiger partial charge < -0.3 is 0 Å². The Kier molecular flexibility index (Phi) is 3.37. The molecule has 6 rings (SSSR count). The molecule has 0 radical (unpaired) electrons. The van der Waals surface area contributed by atoms with E-state index in [1.165, 1.54) is 23.5 Å². The summed E-state index contributed by atoms with van der Waals surface area (Å²) in [6.07, 6.45) is 0. The molecule has 4 aromatic carbocycles. The summed E-state index contributed by atoms with van der Waals surface area (Å²) in [6, 6.07) is 23.8. The van der Waals surface area contributed by atoms with Crippen LogP contribution in [-0.4, -0.2) is 11.6 Å². The van der Waals surface area contributed by atoms with Crippen molar-refractivity contribution in [3.8, 4) is 0 Å². The zero-order valence-electron chi connectivity index (χ0n) is 14.6. The van der Waals surface area contributed by atoms with Crippen LogP contribution in [-0.2, 0) is 0 Å². The molecule has 2 aliphatic rings. The maximum atomic E-state index is 13.3. The van der Waals surface area contributed by atoms with Gasteiger partial charge in [0.25, 0.3) is 0 Å². The molecule has 2 nitrogen and oxygen atoms in total. The average Bonchev–Trinajstić information content (AvgIpc) is 3.25. The lowest BCUT2D eigenvalue weighted by atomic mass is 10.00. The van der Waals surface area contributed by atoms with E-state index in [4.69, 9.17) is 0 Å². The minimum absolute atomic E-state index is 0.0373. The van der Waals surface area contributed by atoms with Gasteiger partial charge in [0.15, 0.2) is 0 Å². The van der Waals surface area contributed by atoms with E-state index < -0.39 is 0 Å². The number of fused-ring (bicyclic) bond motifs is 6. The number of benzene rings is 4. The molecule has 0 aromatic heterocycles. The third-order valence-electron chi connectivity index (χ3n) is 5.28. The number of hydrogen-bond acceptors (Lipinski definition) is 4. The lowest BCUT2D eigenvalue weighted by Gasteiger charge is -2.02. The fraction of sp³-hybridized carbons (Fsp3) is 0. The van der Waals surface area contributed by atoms with Crippen LogP contribution in [0.3, 0.4) is 0 Å². The Morgan fingerprint density at radius 3 is 2.04 bits per heavy atom. The second-order valence-corrected chi connectivity index (χ2v) is 8.92. The maximum absolute atomic E-state index is 13.3. The number of carbonyl (C=O) groups is 2. The van der Waals surface area contributed by atoms with Crippen LogP contribution < -0.4 is 0 Å². The Bertz CT molecular complexity index is 1400. The van der Waals surface area contributed by atoms with Gasteiger partial charge in [0.05, 0.1) is 9.81 Å². The predicted molar refractivity (Wildman–Crippen MR) is 115 cm³/mol. The van der Waals surface area contributed by atoms with Gasteiger partial charge in [-0.15, -0.1) is 0 Å². The minimum Gasteiger partial charge on any atom is -0.288 e. The highest BCUT2D eigenvalue weighted by atomic mass is 32.2. The van der Waals surface area contributed by atoms with Gasteiger partial charge >= 0.3 is 0 Å². The Hall–Kier alpha value is -2.82. The number of Topliss-reactive ketones (excluding diaryl/α,β-unsaturated/α-hetero) is 2. The molecule has 0 saturated heterocycles. The van der Waals surface area contributed by atoms with Crippen molar-refractivity contribution in [2.75, 3.05) is 0 Å². The zero-order valence-corrected chi connectivity index (χ0v) is 16.2. The Morgan fingerprint density at radius 2 is 1.21 bits per heavy atom. The van der Waals surface area contributed by atoms with Crippen LogP contribution in [0.1, 0.15) is 20.7 Å². The molecule has 0 N–H and O–H groups in total. The molecular weight excluding hydrogens is 384 g/mol. The molecule has 0 fully saturated rings. The molecule has 2 heterocycles. The first-order valence-electron chi connectivity index (χ1n) is 8.95. The van der Waals surface area contributed by atoms with Gasteiger partial charge in [-0.1, -0.05) is 84.2 Å². The summed E-state index contributed by atoms with van der Waals surface area (Å²) in [5, 5.41) is 4.16. The summed E-state index contributed by atoms with van der Waals surface area (Å²) in [7, 11) is 0. The molecule has 0 spiro atoms. The highest BCUT2D eigenvalue weighted by Gasteiger charge is 2.37. The van der Waals surface area contributed by atoms with Gasteiger partial charge in [-0.25, -0.2) is 0 Å². The van der Waals surface area contributed by atoms with E-state index in [9.17, 15) is 9.59 Å². The predicted octanol–water partition coefficient (Wildman–Crippen LogP) is 6.48. The number of thioether (sulfide) groups is 2. The fourth-order valence-corrected chi connectivity index (χ4v) is 6.39. The van der Waals surface area contributed by atoms with E-state index >= 15 is 0 Å². The molecule has 4 heteroatoms. The second kappa shape index (κ2) is 5.84. The van der Waals surface area contributed by atoms with Crippen molar-refractivity contribution in [3.05, 3.63) is 93.7 Å². The van der Waals surface area contributed by atoms with Crippen LogP contribution in [0, 0.1) is 0 Å². The largest absolute Gasteiger partial charge is 0.288 e. The number of carbonyl (C=O) groups excluding carboxylic acids is 2. The van der Waals surface area contributed by atoms with E-state index in [0.717, 1.165) is 36.9 Å². The van der Waals surface area contributed by atoms with Crippen LogP contribution >= 0.6 is 23.5 Å². The molecule has 28 heavy (non-hydrogen) atoms. The second-order valence-electron chi connectivity index (χ2n) is 6.84. The molecule has 0 bridgehead atoms. The lowest BCUT2D eigenvalue weighted by Crippen LogP contribution is -2.02. The SMILES string of the molecule is O=C1C(=C2Sc3ccc4ccccc4c3C2=O)Sc2c1ccc1ccccc21. The smallest absolute Gasteiger partial charge is 0.202 e. The van der Waals surface area contributed by atoms with Crippen molar-refractivity contribution in [2.24, 2.45) is 0 Å². The normalized spacial score (nSPS) is 18.1. The van der Waals surface area contributed by atoms with Crippen molar-refractivity contribution < 1.29 is 9.59 Å². The Morgan fingerprint density at radius 1 is 0.571 bits per heavy atom. The van der Waals surface area contributed by atoms with Crippen molar-refractivity contribution in [1.82, 2.24) is 0 Å². The van der Waals surface area contributed by atoms with E-state index in [0.29, 0.717) is 15.4 Å². The first-order chi connectivity index (χ1) is 13.7. The third-order valence-corrected chi connectivity index (χ3v) is 7.80. The van der Waals surface area contributed by atoms with Crippen molar-refractivity contribution in [2.45, 2.75) is 9.79 Å². The molecule has 0 saturated carbocycles. The fourth-order valence-electron chi connectivity index (χ4n) is 3.94. The van der Waals surface area contributed by atoms with Crippen molar-refractivity contribution >= 4 is 56.6 Å². The molecule has 4 aromatic rings. The first-order valence-corrected chi connectivity index (χ1v) is 10.6. The molecule has 0 atom stereocenters. The maximum Gasteiger partial charge on any atom is 0.202 e. The highest BCUT2D eigenvalue weighted by molar-refractivity contribution is 8.08. The van der Waals surface area contributed by atoms with Crippen LogP contribution in [0.5, 0.6) is 0 Å². The summed E-state index contributed by atoms with van der Waals surface area (Å²) in [4.78, 5) is 29.5. The molecule has 2 aliphatic heterocycles. The first kappa shape index (κ1) is 16.2. The van der Waals surface area contributed by atoms with Gasteiger partial charge in [-0.2, -0.15) is 0 Å². The van der Waals surface area contributed by atoms with E-state index in [1.54, 1.807) is 0 Å². The van der Waals surface area contributed by atoms with Gasteiger partial charge in [-0.3, -0.25) is 9.59 Å². The van der Waals surface area contributed by atoms with Crippen LogP contribution in [0.2, 0.25) is 0 Å². The van der Waals surface area contributed by atoms with Gasteiger partial charge in [0, 0.05) is 20.9 Å². The van der Waals surface area contributed by atoms with Crippen LogP contribution in [0.4, 0.5) is 0 Å².